The molecule has 0 bridgehead atoms. The largest absolute Gasteiger partial charge is 0.430 e. The quantitative estimate of drug-likeness (QED) is 0.386. The second kappa shape index (κ2) is 10.4. The lowest BCUT2D eigenvalue weighted by Crippen LogP contribution is -2.08. The van der Waals surface area contributed by atoms with E-state index in [9.17, 15) is 13.3 Å². The molecule has 0 spiro atoms. The summed E-state index contributed by atoms with van der Waals surface area (Å²) in [6.45, 7) is 1.63. The summed E-state index contributed by atoms with van der Waals surface area (Å²) < 4.78 is 53.8. The highest BCUT2D eigenvalue weighted by molar-refractivity contribution is 7.54. The molecule has 0 aromatic heterocycles. The van der Waals surface area contributed by atoms with Gasteiger partial charge in [-0.3, -0.25) is 0 Å². The molecule has 2 aromatic carbocycles. The summed E-state index contributed by atoms with van der Waals surface area (Å²) >= 11 is 0. The zero-order valence-electron chi connectivity index (χ0n) is 18.8. The molecule has 4 rings (SSSR count). The summed E-state index contributed by atoms with van der Waals surface area (Å²) in [5.41, 5.74) is 1.90. The molecule has 0 N–H and O–H groups in total. The van der Waals surface area contributed by atoms with Gasteiger partial charge in [-0.15, -0.1) is 0 Å². The number of rotatable bonds is 7. The van der Waals surface area contributed by atoms with Gasteiger partial charge in [0, 0.05) is 0 Å². The molecule has 0 saturated heterocycles. The maximum atomic E-state index is 14.8. The van der Waals surface area contributed by atoms with Crippen LogP contribution in [0.1, 0.15) is 94.1 Å². The molecule has 32 heavy (non-hydrogen) atoms. The molecule has 0 heterocycles. The van der Waals surface area contributed by atoms with E-state index in [0.717, 1.165) is 62.5 Å². The second-order valence-corrected chi connectivity index (χ2v) is 11.4. The third-order valence-corrected chi connectivity index (χ3v) is 8.65. The zero-order valence-corrected chi connectivity index (χ0v) is 19.7. The smallest absolute Gasteiger partial charge is 0.413 e. The number of halogens is 2. The summed E-state index contributed by atoms with van der Waals surface area (Å²) in [5, 5.41) is 0. The van der Waals surface area contributed by atoms with Gasteiger partial charge in [-0.2, -0.15) is 0 Å². The van der Waals surface area contributed by atoms with Gasteiger partial charge in [0.1, 0.15) is 0 Å². The monoisotopic (exact) mass is 462 g/mol. The molecule has 0 radical (unpaired) electrons. The molecule has 174 valence electrons. The first kappa shape index (κ1) is 23.3. The minimum Gasteiger partial charge on any atom is -0.413 e. The summed E-state index contributed by atoms with van der Waals surface area (Å²) in [4.78, 5) is 0. The Morgan fingerprint density at radius 2 is 1.16 bits per heavy atom. The van der Waals surface area contributed by atoms with Crippen LogP contribution in [0.2, 0.25) is 0 Å². The van der Waals surface area contributed by atoms with Crippen LogP contribution in [0.4, 0.5) is 8.78 Å². The van der Waals surface area contributed by atoms with Crippen molar-refractivity contribution in [3.05, 3.63) is 59.2 Å². The van der Waals surface area contributed by atoms with E-state index in [1.165, 1.54) is 37.1 Å². The molecule has 2 aliphatic rings. The molecule has 2 fully saturated rings. The van der Waals surface area contributed by atoms with Crippen molar-refractivity contribution in [1.29, 1.82) is 0 Å². The van der Waals surface area contributed by atoms with Gasteiger partial charge >= 0.3 is 7.60 Å². The number of hydrogen-bond donors (Lipinski definition) is 0. The summed E-state index contributed by atoms with van der Waals surface area (Å²) in [5.74, 6) is -0.628. The van der Waals surface area contributed by atoms with Crippen molar-refractivity contribution in [3.63, 3.8) is 0 Å². The molecule has 2 aromatic rings. The Kier molecular flexibility index (Phi) is 7.55. The SMILES string of the molecule is CCP(=O)(Oc1ccc(C2CCCCC2)cc1F)Oc1ccc(C2CCCCC2)cc1F. The fraction of sp³-hybridized carbons (Fsp3) is 0.538. The molecular weight excluding hydrogens is 429 g/mol. The first-order valence-electron chi connectivity index (χ1n) is 12.0. The van der Waals surface area contributed by atoms with Crippen molar-refractivity contribution in [1.82, 2.24) is 0 Å². The normalized spacial score (nSPS) is 18.5. The van der Waals surface area contributed by atoms with Gasteiger partial charge in [-0.1, -0.05) is 57.6 Å². The number of benzene rings is 2. The van der Waals surface area contributed by atoms with Gasteiger partial charge in [0.05, 0.1) is 6.16 Å². The highest BCUT2D eigenvalue weighted by Gasteiger charge is 2.29. The van der Waals surface area contributed by atoms with Crippen LogP contribution in [0.5, 0.6) is 11.5 Å². The molecule has 0 atom stereocenters. The zero-order chi connectivity index (χ0) is 22.6. The van der Waals surface area contributed by atoms with Gasteiger partial charge in [0.15, 0.2) is 23.1 Å². The van der Waals surface area contributed by atoms with Crippen molar-refractivity contribution >= 4 is 7.60 Å². The first-order valence-corrected chi connectivity index (χ1v) is 13.8. The summed E-state index contributed by atoms with van der Waals surface area (Å²) in [7, 11) is -3.77. The first-order chi connectivity index (χ1) is 15.5. The van der Waals surface area contributed by atoms with Crippen molar-refractivity contribution in [2.45, 2.75) is 83.0 Å². The maximum Gasteiger partial charge on any atom is 0.430 e. The molecular formula is C26H33F2O3P. The Hall–Kier alpha value is -1.87. The average molecular weight is 463 g/mol. The van der Waals surface area contributed by atoms with E-state index >= 15 is 0 Å². The van der Waals surface area contributed by atoms with Crippen LogP contribution in [-0.4, -0.2) is 6.16 Å². The minimum atomic E-state index is -3.77. The summed E-state index contributed by atoms with van der Waals surface area (Å²) in [6, 6.07) is 9.68. The fourth-order valence-corrected chi connectivity index (χ4v) is 6.20. The van der Waals surface area contributed by atoms with Crippen LogP contribution in [0.15, 0.2) is 36.4 Å². The van der Waals surface area contributed by atoms with E-state index in [4.69, 9.17) is 9.05 Å². The standard InChI is InChI=1S/C26H33F2O3P/c1-2-32(29,30-25-15-13-21(17-23(25)27)19-9-5-3-6-10-19)31-26-16-14-22(18-24(26)28)20-11-7-4-8-12-20/h13-20H,2-12H2,1H3. The Balaban J connectivity index is 1.47. The van der Waals surface area contributed by atoms with Crippen LogP contribution in [0, 0.1) is 11.6 Å². The maximum absolute atomic E-state index is 14.8. The second-order valence-electron chi connectivity index (χ2n) is 9.16. The van der Waals surface area contributed by atoms with Crippen LogP contribution in [0.25, 0.3) is 0 Å². The van der Waals surface area contributed by atoms with Crippen LogP contribution >= 0.6 is 7.60 Å². The van der Waals surface area contributed by atoms with E-state index in [1.807, 2.05) is 12.1 Å². The highest BCUT2D eigenvalue weighted by Crippen LogP contribution is 2.50. The molecule has 0 amide bonds. The van der Waals surface area contributed by atoms with Crippen LogP contribution < -0.4 is 9.05 Å². The fourth-order valence-electron chi connectivity index (χ4n) is 5.01. The van der Waals surface area contributed by atoms with Crippen molar-refractivity contribution < 1.29 is 22.4 Å². The lowest BCUT2D eigenvalue weighted by Gasteiger charge is -2.24. The Morgan fingerprint density at radius 1 is 0.750 bits per heavy atom. The van der Waals surface area contributed by atoms with E-state index < -0.39 is 19.2 Å². The Labute approximate surface area is 190 Å². The van der Waals surface area contributed by atoms with E-state index in [2.05, 4.69) is 0 Å². The third kappa shape index (κ3) is 5.54. The molecule has 2 saturated carbocycles. The topological polar surface area (TPSA) is 35.5 Å². The van der Waals surface area contributed by atoms with Gasteiger partial charge < -0.3 is 9.05 Å². The van der Waals surface area contributed by atoms with E-state index in [-0.39, 0.29) is 17.7 Å². The lowest BCUT2D eigenvalue weighted by molar-refractivity contribution is 0.367. The lowest BCUT2D eigenvalue weighted by atomic mass is 9.84. The molecule has 2 aliphatic carbocycles. The predicted octanol–water partition coefficient (Wildman–Crippen LogP) is 8.73. The predicted molar refractivity (Wildman–Crippen MR) is 124 cm³/mol. The molecule has 0 aliphatic heterocycles. The highest BCUT2D eigenvalue weighted by atomic mass is 31.2. The van der Waals surface area contributed by atoms with Gasteiger partial charge in [0.25, 0.3) is 0 Å². The van der Waals surface area contributed by atoms with Crippen molar-refractivity contribution in [2.75, 3.05) is 6.16 Å². The Bertz CT molecular complexity index is 892. The number of hydrogen-bond acceptors (Lipinski definition) is 3. The summed E-state index contributed by atoms with van der Waals surface area (Å²) in [6.07, 6.45) is 11.4. The average Bonchev–Trinajstić information content (AvgIpc) is 2.83. The van der Waals surface area contributed by atoms with Gasteiger partial charge in [0.2, 0.25) is 0 Å². The van der Waals surface area contributed by atoms with Crippen molar-refractivity contribution in [3.8, 4) is 11.5 Å². The van der Waals surface area contributed by atoms with Gasteiger partial charge in [-0.05, 0) is 72.9 Å². The minimum absolute atomic E-state index is 0.000628. The third-order valence-electron chi connectivity index (χ3n) is 6.93. The Morgan fingerprint density at radius 3 is 1.50 bits per heavy atom. The van der Waals surface area contributed by atoms with E-state index in [0.29, 0.717) is 11.8 Å². The van der Waals surface area contributed by atoms with Gasteiger partial charge in [-0.25, -0.2) is 13.3 Å². The molecule has 3 nitrogen and oxygen atoms in total. The molecule has 0 unspecified atom stereocenters. The van der Waals surface area contributed by atoms with Crippen LogP contribution in [-0.2, 0) is 4.57 Å². The van der Waals surface area contributed by atoms with E-state index in [1.54, 1.807) is 6.92 Å². The van der Waals surface area contributed by atoms with Crippen LogP contribution in [0.3, 0.4) is 0 Å². The molecule has 6 heteroatoms. The van der Waals surface area contributed by atoms with Crippen molar-refractivity contribution in [2.24, 2.45) is 0 Å².